The van der Waals surface area contributed by atoms with Crippen molar-refractivity contribution in [3.05, 3.63) is 46.2 Å². The van der Waals surface area contributed by atoms with Crippen LogP contribution in [0.3, 0.4) is 0 Å². The molecule has 7 nitrogen and oxygen atoms in total. The molecule has 0 spiro atoms. The van der Waals surface area contributed by atoms with Crippen molar-refractivity contribution < 1.29 is 14.3 Å². The van der Waals surface area contributed by atoms with E-state index in [1.54, 1.807) is 25.1 Å². The molecule has 0 unspecified atom stereocenters. The van der Waals surface area contributed by atoms with Crippen molar-refractivity contribution in [1.29, 1.82) is 0 Å². The first-order chi connectivity index (χ1) is 10.5. The van der Waals surface area contributed by atoms with Crippen molar-refractivity contribution in [2.75, 3.05) is 6.61 Å². The molecule has 2 N–H and O–H groups in total. The van der Waals surface area contributed by atoms with Crippen molar-refractivity contribution in [3.63, 3.8) is 0 Å². The van der Waals surface area contributed by atoms with Gasteiger partial charge in [-0.1, -0.05) is 23.2 Å². The molecule has 2 rings (SSSR count). The van der Waals surface area contributed by atoms with Crippen LogP contribution in [0.4, 0.5) is 4.79 Å². The van der Waals surface area contributed by atoms with Crippen LogP contribution < -0.4 is 10.9 Å². The van der Waals surface area contributed by atoms with Gasteiger partial charge in [0, 0.05) is 11.2 Å². The van der Waals surface area contributed by atoms with Gasteiger partial charge in [-0.25, -0.2) is 14.9 Å². The van der Waals surface area contributed by atoms with Crippen LogP contribution in [0.25, 0.3) is 5.69 Å². The summed E-state index contributed by atoms with van der Waals surface area (Å²) in [7, 11) is 0. The Morgan fingerprint density at radius 3 is 2.77 bits per heavy atom. The summed E-state index contributed by atoms with van der Waals surface area (Å²) in [5.74, 6) is -0.538. The molecule has 116 valence electrons. The van der Waals surface area contributed by atoms with Crippen LogP contribution in [-0.4, -0.2) is 28.4 Å². The number of nitrogens with one attached hydrogen (secondary N) is 2. The van der Waals surface area contributed by atoms with E-state index in [0.717, 1.165) is 0 Å². The second-order valence-electron chi connectivity index (χ2n) is 4.07. The number of nitrogens with zero attached hydrogens (tertiary/aromatic N) is 2. The number of hydrogen-bond acceptors (Lipinski definition) is 4. The molecule has 0 saturated carbocycles. The molecule has 1 aromatic carbocycles. The minimum Gasteiger partial charge on any atom is -0.449 e. The molecule has 0 aliphatic carbocycles. The van der Waals surface area contributed by atoms with Crippen LogP contribution in [0.1, 0.15) is 17.3 Å². The Bertz CT molecular complexity index is 702. The number of rotatable bonds is 3. The molecule has 1 heterocycles. The van der Waals surface area contributed by atoms with Crippen molar-refractivity contribution in [2.45, 2.75) is 6.92 Å². The maximum absolute atomic E-state index is 11.8. The van der Waals surface area contributed by atoms with E-state index in [0.29, 0.717) is 15.7 Å². The Hall–Kier alpha value is -2.25. The summed E-state index contributed by atoms with van der Waals surface area (Å²) < 4.78 is 6.04. The van der Waals surface area contributed by atoms with E-state index in [2.05, 4.69) is 20.7 Å². The van der Waals surface area contributed by atoms with Gasteiger partial charge in [0.25, 0.3) is 5.91 Å². The summed E-state index contributed by atoms with van der Waals surface area (Å²) in [6.07, 6.45) is 2.06. The monoisotopic (exact) mass is 342 g/mol. The van der Waals surface area contributed by atoms with Crippen LogP contribution in [0.5, 0.6) is 0 Å². The normalized spacial score (nSPS) is 10.1. The summed E-state index contributed by atoms with van der Waals surface area (Å²) in [6, 6.07) is 4.91. The summed E-state index contributed by atoms with van der Waals surface area (Å²) in [5.41, 5.74) is 5.12. The molecule has 22 heavy (non-hydrogen) atoms. The van der Waals surface area contributed by atoms with Crippen LogP contribution in [0.15, 0.2) is 30.6 Å². The summed E-state index contributed by atoms with van der Waals surface area (Å²) in [4.78, 5) is 22.9. The van der Waals surface area contributed by atoms with Gasteiger partial charge in [0.1, 0.15) is 0 Å². The Labute approximate surface area is 136 Å². The Kier molecular flexibility index (Phi) is 5.24. The molecule has 0 radical (unpaired) electrons. The van der Waals surface area contributed by atoms with Crippen molar-refractivity contribution in [3.8, 4) is 5.69 Å². The Morgan fingerprint density at radius 1 is 1.32 bits per heavy atom. The highest BCUT2D eigenvalue weighted by Gasteiger charge is 2.12. The first-order valence-electron chi connectivity index (χ1n) is 6.24. The quantitative estimate of drug-likeness (QED) is 0.839. The molecule has 0 aliphatic heterocycles. The fourth-order valence-corrected chi connectivity index (χ4v) is 2.08. The molecular formula is C13H12Cl2N4O3. The van der Waals surface area contributed by atoms with E-state index in [4.69, 9.17) is 23.2 Å². The van der Waals surface area contributed by atoms with Gasteiger partial charge in [-0.15, -0.1) is 0 Å². The van der Waals surface area contributed by atoms with Gasteiger partial charge in [-0.2, -0.15) is 5.10 Å². The third-order valence-corrected chi connectivity index (χ3v) is 3.09. The fraction of sp³-hybridized carbons (Fsp3) is 0.154. The minimum atomic E-state index is -0.746. The van der Waals surface area contributed by atoms with E-state index in [1.807, 2.05) is 0 Å². The largest absolute Gasteiger partial charge is 0.449 e. The van der Waals surface area contributed by atoms with Gasteiger partial charge in [0.05, 0.1) is 29.1 Å². The van der Waals surface area contributed by atoms with Gasteiger partial charge in [-0.3, -0.25) is 10.2 Å². The van der Waals surface area contributed by atoms with E-state index in [9.17, 15) is 9.59 Å². The number of carbonyl (C=O) groups excluding carboxylic acids is 2. The van der Waals surface area contributed by atoms with Crippen LogP contribution in [0.2, 0.25) is 10.0 Å². The smallest absolute Gasteiger partial charge is 0.426 e. The Balaban J connectivity index is 2.07. The minimum absolute atomic E-state index is 0.203. The van der Waals surface area contributed by atoms with Crippen molar-refractivity contribution in [2.24, 2.45) is 0 Å². The van der Waals surface area contributed by atoms with Crippen molar-refractivity contribution in [1.82, 2.24) is 20.6 Å². The lowest BCUT2D eigenvalue weighted by atomic mass is 10.3. The van der Waals surface area contributed by atoms with Crippen molar-refractivity contribution >= 4 is 35.2 Å². The van der Waals surface area contributed by atoms with Gasteiger partial charge < -0.3 is 4.74 Å². The van der Waals surface area contributed by atoms with Crippen LogP contribution >= 0.6 is 23.2 Å². The zero-order chi connectivity index (χ0) is 16.1. The summed E-state index contributed by atoms with van der Waals surface area (Å²) in [6.45, 7) is 1.86. The molecule has 0 saturated heterocycles. The lowest BCUT2D eigenvalue weighted by Gasteiger charge is -2.06. The predicted molar refractivity (Wildman–Crippen MR) is 81.2 cm³/mol. The van der Waals surface area contributed by atoms with Gasteiger partial charge >= 0.3 is 6.09 Å². The van der Waals surface area contributed by atoms with E-state index < -0.39 is 12.0 Å². The lowest BCUT2D eigenvalue weighted by molar-refractivity contribution is 0.0912. The average Bonchev–Trinajstić information content (AvgIpc) is 2.94. The van der Waals surface area contributed by atoms with E-state index in [1.165, 1.54) is 17.1 Å². The second-order valence-corrected chi connectivity index (χ2v) is 4.91. The number of hydrazine groups is 1. The number of aromatic nitrogens is 2. The lowest BCUT2D eigenvalue weighted by Crippen LogP contribution is -2.41. The highest BCUT2D eigenvalue weighted by Crippen LogP contribution is 2.23. The highest BCUT2D eigenvalue weighted by molar-refractivity contribution is 6.35. The molecule has 0 aliphatic rings. The number of carbonyl (C=O) groups is 2. The topological polar surface area (TPSA) is 85.2 Å². The fourth-order valence-electron chi connectivity index (χ4n) is 1.59. The highest BCUT2D eigenvalue weighted by atomic mass is 35.5. The summed E-state index contributed by atoms with van der Waals surface area (Å²) in [5, 5.41) is 4.94. The third kappa shape index (κ3) is 3.90. The third-order valence-electron chi connectivity index (χ3n) is 2.55. The van der Waals surface area contributed by atoms with Gasteiger partial charge in [0.2, 0.25) is 0 Å². The average molecular weight is 343 g/mol. The van der Waals surface area contributed by atoms with E-state index >= 15 is 0 Å². The maximum atomic E-state index is 11.8. The standard InChI is InChI=1S/C13H12Cl2N4O3/c1-2-22-13(21)18-17-12(20)8-6-16-19(7-8)11-4-3-9(14)5-10(11)15/h3-7H,2H2,1H3,(H,17,20)(H,18,21). The molecule has 0 bridgehead atoms. The molecule has 9 heteroatoms. The van der Waals surface area contributed by atoms with Gasteiger partial charge in [-0.05, 0) is 25.1 Å². The zero-order valence-corrected chi connectivity index (χ0v) is 13.0. The maximum Gasteiger partial charge on any atom is 0.426 e. The molecule has 0 atom stereocenters. The number of ether oxygens (including phenoxy) is 1. The first-order valence-corrected chi connectivity index (χ1v) is 7.00. The number of hydrogen-bond donors (Lipinski definition) is 2. The van der Waals surface area contributed by atoms with Crippen LogP contribution in [0, 0.1) is 0 Å². The predicted octanol–water partition coefficient (Wildman–Crippen LogP) is 2.57. The Morgan fingerprint density at radius 2 is 2.09 bits per heavy atom. The molecule has 0 fully saturated rings. The number of amides is 2. The number of benzene rings is 1. The molecular weight excluding hydrogens is 331 g/mol. The first kappa shape index (κ1) is 16.1. The van der Waals surface area contributed by atoms with Gasteiger partial charge in [0.15, 0.2) is 0 Å². The molecule has 2 amide bonds. The molecule has 1 aromatic heterocycles. The summed E-state index contributed by atoms with van der Waals surface area (Å²) >= 11 is 11.9. The van der Waals surface area contributed by atoms with Crippen LogP contribution in [-0.2, 0) is 4.74 Å². The SMILES string of the molecule is CCOC(=O)NNC(=O)c1cnn(-c2ccc(Cl)cc2Cl)c1. The molecule has 2 aromatic rings. The number of halogens is 2. The zero-order valence-electron chi connectivity index (χ0n) is 11.5. The second kappa shape index (κ2) is 7.15. The van der Waals surface area contributed by atoms with E-state index in [-0.39, 0.29) is 12.2 Å².